The first-order chi connectivity index (χ1) is 6.88. The lowest BCUT2D eigenvalue weighted by atomic mass is 10.3. The summed E-state index contributed by atoms with van der Waals surface area (Å²) in [6, 6.07) is 8.92. The third kappa shape index (κ3) is 2.66. The molecule has 2 rings (SSSR count). The van der Waals surface area contributed by atoms with Crippen LogP contribution in [0.5, 0.6) is 5.75 Å². The molecule has 0 spiro atoms. The Morgan fingerprint density at radius 1 is 1.43 bits per heavy atom. The Balaban J connectivity index is 1.94. The van der Waals surface area contributed by atoms with Gasteiger partial charge in [0.25, 0.3) is 0 Å². The van der Waals surface area contributed by atoms with Gasteiger partial charge in [-0.3, -0.25) is 0 Å². The normalized spacial score (nSPS) is 15.2. The summed E-state index contributed by atoms with van der Waals surface area (Å²) in [6.45, 7) is 2.92. The summed E-state index contributed by atoms with van der Waals surface area (Å²) in [6.07, 6.45) is 3.67. The Morgan fingerprint density at radius 2 is 2.29 bits per heavy atom. The highest BCUT2D eigenvalue weighted by Gasteiger charge is 2.20. The molecule has 1 saturated carbocycles. The highest BCUT2D eigenvalue weighted by molar-refractivity contribution is 5.49. The molecule has 0 unspecified atom stereocenters. The maximum absolute atomic E-state index is 5.56. The van der Waals surface area contributed by atoms with Gasteiger partial charge < -0.3 is 10.1 Å². The molecule has 1 aromatic rings. The lowest BCUT2D eigenvalue weighted by Crippen LogP contribution is -2.01. The average Bonchev–Trinajstić information content (AvgIpc) is 2.99. The van der Waals surface area contributed by atoms with Crippen LogP contribution in [0, 0.1) is 0 Å². The number of hydrogen-bond donors (Lipinski definition) is 1. The molecule has 1 N–H and O–H groups in total. The van der Waals surface area contributed by atoms with Crippen LogP contribution in [0.1, 0.15) is 26.2 Å². The second kappa shape index (κ2) is 4.36. The minimum atomic E-state index is 0.705. The maximum Gasteiger partial charge on any atom is 0.121 e. The molecule has 14 heavy (non-hydrogen) atoms. The van der Waals surface area contributed by atoms with Crippen molar-refractivity contribution in [1.82, 2.24) is 0 Å². The van der Waals surface area contributed by atoms with Gasteiger partial charge in [-0.25, -0.2) is 0 Å². The van der Waals surface area contributed by atoms with Crippen LogP contribution in [-0.2, 0) is 0 Å². The quantitative estimate of drug-likeness (QED) is 0.772. The van der Waals surface area contributed by atoms with Crippen LogP contribution in [0.15, 0.2) is 24.3 Å². The lowest BCUT2D eigenvalue weighted by Gasteiger charge is -2.08. The first kappa shape index (κ1) is 9.38. The molecule has 76 valence electrons. The van der Waals surface area contributed by atoms with Crippen LogP contribution >= 0.6 is 0 Å². The largest absolute Gasteiger partial charge is 0.494 e. The number of nitrogens with one attached hydrogen (secondary N) is 1. The third-order valence-corrected chi connectivity index (χ3v) is 2.26. The van der Waals surface area contributed by atoms with E-state index in [4.69, 9.17) is 4.74 Å². The summed E-state index contributed by atoms with van der Waals surface area (Å²) in [5.74, 6) is 0.970. The van der Waals surface area contributed by atoms with Crippen molar-refractivity contribution in [2.24, 2.45) is 0 Å². The summed E-state index contributed by atoms with van der Waals surface area (Å²) < 4.78 is 5.56. The van der Waals surface area contributed by atoms with E-state index in [1.165, 1.54) is 18.5 Å². The van der Waals surface area contributed by atoms with E-state index in [1.807, 2.05) is 12.1 Å². The minimum absolute atomic E-state index is 0.705. The Morgan fingerprint density at radius 3 is 3.00 bits per heavy atom. The molecule has 0 radical (unpaired) electrons. The number of ether oxygens (including phenoxy) is 1. The second-order valence-electron chi connectivity index (χ2n) is 3.79. The lowest BCUT2D eigenvalue weighted by molar-refractivity contribution is 0.317. The van der Waals surface area contributed by atoms with Crippen molar-refractivity contribution >= 4 is 5.69 Å². The standard InChI is InChI=1S/C12H17NO/c1-2-8-14-12-5-3-4-11(9-12)13-10-6-7-10/h3-5,9-10,13H,2,6-8H2,1H3. The second-order valence-corrected chi connectivity index (χ2v) is 3.79. The summed E-state index contributed by atoms with van der Waals surface area (Å²) >= 11 is 0. The molecule has 1 aliphatic carbocycles. The van der Waals surface area contributed by atoms with Crippen molar-refractivity contribution in [3.05, 3.63) is 24.3 Å². The summed E-state index contributed by atoms with van der Waals surface area (Å²) in [5.41, 5.74) is 1.18. The first-order valence-corrected chi connectivity index (χ1v) is 5.38. The van der Waals surface area contributed by atoms with Gasteiger partial charge in [-0.1, -0.05) is 13.0 Å². The van der Waals surface area contributed by atoms with Crippen molar-refractivity contribution in [3.8, 4) is 5.75 Å². The zero-order chi connectivity index (χ0) is 9.80. The molecule has 1 aliphatic rings. The molecule has 0 heterocycles. The van der Waals surface area contributed by atoms with Crippen LogP contribution in [0.4, 0.5) is 5.69 Å². The van der Waals surface area contributed by atoms with Crippen LogP contribution in [0.25, 0.3) is 0 Å². The highest BCUT2D eigenvalue weighted by Crippen LogP contribution is 2.26. The van der Waals surface area contributed by atoms with Crippen molar-refractivity contribution in [2.75, 3.05) is 11.9 Å². The van der Waals surface area contributed by atoms with Crippen LogP contribution in [0.3, 0.4) is 0 Å². The van der Waals surface area contributed by atoms with E-state index < -0.39 is 0 Å². The fourth-order valence-electron chi connectivity index (χ4n) is 1.36. The van der Waals surface area contributed by atoms with Crippen LogP contribution in [0.2, 0.25) is 0 Å². The van der Waals surface area contributed by atoms with Crippen molar-refractivity contribution in [2.45, 2.75) is 32.2 Å². The molecule has 0 amide bonds. The molecular formula is C12H17NO. The molecular weight excluding hydrogens is 174 g/mol. The van der Waals surface area contributed by atoms with Gasteiger partial charge in [-0.2, -0.15) is 0 Å². The number of anilines is 1. The van der Waals surface area contributed by atoms with Crippen LogP contribution in [-0.4, -0.2) is 12.6 Å². The fourth-order valence-corrected chi connectivity index (χ4v) is 1.36. The predicted octanol–water partition coefficient (Wildman–Crippen LogP) is 3.05. The molecule has 0 bridgehead atoms. The number of benzene rings is 1. The maximum atomic E-state index is 5.56. The molecule has 0 aliphatic heterocycles. The zero-order valence-corrected chi connectivity index (χ0v) is 8.62. The Labute approximate surface area is 85.3 Å². The highest BCUT2D eigenvalue weighted by atomic mass is 16.5. The van der Waals surface area contributed by atoms with E-state index in [-0.39, 0.29) is 0 Å². The number of hydrogen-bond acceptors (Lipinski definition) is 2. The van der Waals surface area contributed by atoms with Gasteiger partial charge >= 0.3 is 0 Å². The zero-order valence-electron chi connectivity index (χ0n) is 8.62. The smallest absolute Gasteiger partial charge is 0.121 e. The molecule has 1 aromatic carbocycles. The molecule has 2 nitrogen and oxygen atoms in total. The van der Waals surface area contributed by atoms with Crippen molar-refractivity contribution < 1.29 is 4.74 Å². The topological polar surface area (TPSA) is 21.3 Å². The SMILES string of the molecule is CCCOc1cccc(NC2CC2)c1. The van der Waals surface area contributed by atoms with E-state index in [0.29, 0.717) is 6.04 Å². The van der Waals surface area contributed by atoms with Gasteiger partial charge in [0.1, 0.15) is 5.75 Å². The monoisotopic (exact) mass is 191 g/mol. The van der Waals surface area contributed by atoms with E-state index in [2.05, 4.69) is 24.4 Å². The Bertz CT molecular complexity index is 294. The first-order valence-electron chi connectivity index (χ1n) is 5.38. The fraction of sp³-hybridized carbons (Fsp3) is 0.500. The molecule has 0 saturated heterocycles. The van der Waals surface area contributed by atoms with E-state index >= 15 is 0 Å². The van der Waals surface area contributed by atoms with Gasteiger partial charge in [0.15, 0.2) is 0 Å². The Kier molecular flexibility index (Phi) is 2.92. The van der Waals surface area contributed by atoms with E-state index in [0.717, 1.165) is 18.8 Å². The molecule has 0 aromatic heterocycles. The molecule has 0 atom stereocenters. The average molecular weight is 191 g/mol. The van der Waals surface area contributed by atoms with Gasteiger partial charge in [-0.15, -0.1) is 0 Å². The van der Waals surface area contributed by atoms with Gasteiger partial charge in [0, 0.05) is 17.8 Å². The van der Waals surface area contributed by atoms with E-state index in [9.17, 15) is 0 Å². The number of rotatable bonds is 5. The molecule has 1 fully saturated rings. The van der Waals surface area contributed by atoms with Gasteiger partial charge in [-0.05, 0) is 31.4 Å². The van der Waals surface area contributed by atoms with Crippen molar-refractivity contribution in [3.63, 3.8) is 0 Å². The van der Waals surface area contributed by atoms with E-state index in [1.54, 1.807) is 0 Å². The van der Waals surface area contributed by atoms with Crippen LogP contribution < -0.4 is 10.1 Å². The molecule has 2 heteroatoms. The predicted molar refractivity (Wildman–Crippen MR) is 58.9 cm³/mol. The third-order valence-electron chi connectivity index (χ3n) is 2.26. The van der Waals surface area contributed by atoms with Gasteiger partial charge in [0.2, 0.25) is 0 Å². The van der Waals surface area contributed by atoms with Gasteiger partial charge in [0.05, 0.1) is 6.61 Å². The minimum Gasteiger partial charge on any atom is -0.494 e. The summed E-state index contributed by atoms with van der Waals surface area (Å²) in [7, 11) is 0. The summed E-state index contributed by atoms with van der Waals surface area (Å²) in [5, 5.41) is 3.45. The summed E-state index contributed by atoms with van der Waals surface area (Å²) in [4.78, 5) is 0. The van der Waals surface area contributed by atoms with Crippen molar-refractivity contribution in [1.29, 1.82) is 0 Å². The Hall–Kier alpha value is -1.18.